The molecule has 0 saturated heterocycles. The topological polar surface area (TPSA) is 349 Å². The Labute approximate surface area is 408 Å². The molecule has 2 heterocycles. The van der Waals surface area contributed by atoms with Crippen molar-refractivity contribution in [1.82, 2.24) is 27.4 Å². The first-order valence-corrected chi connectivity index (χ1v) is 21.5. The number of rotatable bonds is 28. The Hall–Kier alpha value is -8.64. The van der Waals surface area contributed by atoms with E-state index in [0.717, 1.165) is 31.6 Å². The molecular weight excluding hydrogens is 961 g/mol. The maximum absolute atomic E-state index is 12.9. The molecule has 2 aromatic heterocycles. The normalized spacial score (nSPS) is 11.1. The lowest BCUT2D eigenvalue weighted by molar-refractivity contribution is -0.182. The highest BCUT2D eigenvalue weighted by Crippen LogP contribution is 2.18. The Morgan fingerprint density at radius 3 is 1.36 bits per heavy atom. The molecule has 0 aromatic carbocycles. The Morgan fingerprint density at radius 2 is 0.972 bits per heavy atom. The van der Waals surface area contributed by atoms with Gasteiger partial charge in [0.2, 0.25) is 18.4 Å². The highest BCUT2D eigenvalue weighted by atomic mass is 16.7. The summed E-state index contributed by atoms with van der Waals surface area (Å²) < 4.78 is 31.9. The van der Waals surface area contributed by atoms with Crippen molar-refractivity contribution in [3.63, 3.8) is 0 Å². The maximum Gasteiger partial charge on any atom is 0.340 e. The lowest BCUT2D eigenvalue weighted by Crippen LogP contribution is -2.54. The Bertz CT molecular complexity index is 2880. The molecule has 28 nitrogen and oxygen atoms in total. The first-order chi connectivity index (χ1) is 33.9. The molecule has 0 spiro atoms. The summed E-state index contributed by atoms with van der Waals surface area (Å²) in [5.41, 5.74) is -5.55. The summed E-state index contributed by atoms with van der Waals surface area (Å²) in [4.78, 5) is 174. The summed E-state index contributed by atoms with van der Waals surface area (Å²) in [5, 5.41) is 0. The van der Waals surface area contributed by atoms with Gasteiger partial charge in [-0.05, 0) is 52.5 Å². The molecular formula is C44H56N8O20. The van der Waals surface area contributed by atoms with Crippen LogP contribution in [0.3, 0.4) is 0 Å². The van der Waals surface area contributed by atoms with Crippen LogP contribution in [0, 0.1) is 5.92 Å². The van der Waals surface area contributed by atoms with Crippen LogP contribution in [0.25, 0.3) is 0 Å². The minimum Gasteiger partial charge on any atom is -0.469 e. The second-order valence-corrected chi connectivity index (χ2v) is 15.1. The number of hydrogen-bond donors (Lipinski definition) is 0. The van der Waals surface area contributed by atoms with E-state index >= 15 is 0 Å². The number of isocyanates is 2. The number of carbonyl (C=O) groups excluding carboxylic acids is 8. The van der Waals surface area contributed by atoms with Gasteiger partial charge in [-0.25, -0.2) is 75.3 Å². The first kappa shape index (κ1) is 61.4. The molecule has 392 valence electrons. The molecule has 72 heavy (non-hydrogen) atoms. The molecule has 28 heteroatoms. The van der Waals surface area contributed by atoms with E-state index in [1.165, 1.54) is 26.9 Å². The third-order valence-corrected chi connectivity index (χ3v) is 9.56. The van der Waals surface area contributed by atoms with Crippen LogP contribution < -0.4 is 34.1 Å². The van der Waals surface area contributed by atoms with E-state index in [2.05, 4.69) is 50.5 Å². The Morgan fingerprint density at radius 1 is 0.569 bits per heavy atom. The lowest BCUT2D eigenvalue weighted by Gasteiger charge is -2.15. The smallest absolute Gasteiger partial charge is 0.340 e. The van der Waals surface area contributed by atoms with Gasteiger partial charge in [-0.3, -0.25) is 19.2 Å². The second kappa shape index (κ2) is 30.8. The molecule has 0 N–H and O–H groups in total. The van der Waals surface area contributed by atoms with Crippen LogP contribution in [-0.2, 0) is 106 Å². The number of aromatic nitrogens is 6. The minimum absolute atomic E-state index is 0.0292. The average molecular weight is 1020 g/mol. The van der Waals surface area contributed by atoms with E-state index in [0.29, 0.717) is 39.7 Å². The number of ether oxygens (including phenoxy) is 6. The van der Waals surface area contributed by atoms with Gasteiger partial charge in [0.15, 0.2) is 0 Å². The molecule has 2 rings (SSSR count). The number of methoxy groups -OCH3 is 1. The van der Waals surface area contributed by atoms with Gasteiger partial charge in [0.1, 0.15) is 13.3 Å². The van der Waals surface area contributed by atoms with E-state index in [1.54, 1.807) is 0 Å². The van der Waals surface area contributed by atoms with Crippen molar-refractivity contribution in [3.05, 3.63) is 112 Å². The first-order valence-electron chi connectivity index (χ1n) is 21.5. The zero-order valence-electron chi connectivity index (χ0n) is 40.6. The van der Waals surface area contributed by atoms with Gasteiger partial charge in [-0.15, -0.1) is 0 Å². The van der Waals surface area contributed by atoms with Crippen LogP contribution in [0.15, 0.2) is 87.7 Å². The van der Waals surface area contributed by atoms with Crippen molar-refractivity contribution < 1.29 is 66.8 Å². The highest BCUT2D eigenvalue weighted by Gasteiger charge is 2.21. The van der Waals surface area contributed by atoms with E-state index in [1.807, 2.05) is 13.8 Å². The van der Waals surface area contributed by atoms with Gasteiger partial charge in [0.05, 0.1) is 39.4 Å². The summed E-state index contributed by atoms with van der Waals surface area (Å²) in [6, 6.07) is 0. The van der Waals surface area contributed by atoms with Crippen LogP contribution in [-0.4, -0.2) is 95.4 Å². The van der Waals surface area contributed by atoms with Gasteiger partial charge < -0.3 is 28.4 Å². The van der Waals surface area contributed by atoms with Gasteiger partial charge in [-0.2, -0.15) is 9.98 Å². The van der Waals surface area contributed by atoms with Crippen LogP contribution in [0.1, 0.15) is 79.6 Å². The molecule has 2 aromatic rings. The van der Waals surface area contributed by atoms with Gasteiger partial charge in [0, 0.05) is 44.2 Å². The van der Waals surface area contributed by atoms with Crippen LogP contribution in [0.5, 0.6) is 0 Å². The molecule has 0 aliphatic carbocycles. The number of esters is 6. The Kier molecular flexibility index (Phi) is 26.2. The third-order valence-electron chi connectivity index (χ3n) is 9.56. The predicted octanol–water partition coefficient (Wildman–Crippen LogP) is -0.269. The summed E-state index contributed by atoms with van der Waals surface area (Å²) >= 11 is 0. The number of aliphatic imine (C=N–C) groups is 2. The maximum atomic E-state index is 12.9. The predicted molar refractivity (Wildman–Crippen MR) is 247 cm³/mol. The number of nitrogens with zero attached hydrogens (tertiary/aromatic N) is 8. The fourth-order valence-electron chi connectivity index (χ4n) is 5.78. The fourth-order valence-corrected chi connectivity index (χ4v) is 5.78. The largest absolute Gasteiger partial charge is 0.469 e. The van der Waals surface area contributed by atoms with Crippen molar-refractivity contribution in [2.45, 2.75) is 125 Å². The second-order valence-electron chi connectivity index (χ2n) is 15.1. The van der Waals surface area contributed by atoms with Crippen molar-refractivity contribution in [1.29, 1.82) is 0 Å². The highest BCUT2D eigenvalue weighted by molar-refractivity contribution is 5.88. The van der Waals surface area contributed by atoms with Crippen LogP contribution >= 0.6 is 0 Å². The van der Waals surface area contributed by atoms with Crippen molar-refractivity contribution >= 4 is 48.0 Å². The number of allylic oxidation sites excluding steroid dienone is 1. The lowest BCUT2D eigenvalue weighted by atomic mass is 9.94. The quantitative estimate of drug-likeness (QED) is 0.0122. The van der Waals surface area contributed by atoms with Crippen molar-refractivity contribution in [2.24, 2.45) is 15.9 Å². The van der Waals surface area contributed by atoms with E-state index in [4.69, 9.17) is 14.2 Å². The zero-order valence-corrected chi connectivity index (χ0v) is 40.6. The SMILES string of the molecule is C=C(C)C(=O)OC(C)OC(=O)CCn1c(=O)n(CCC(=O)OCCCC(CC)C(=C)C)c(=O)n(CN=C=O)c1=O.C=C(OC(=O)CCn1c(=O)n(CCC(=O)OC)c(=O)n(CN=C=O)c1=O)OC(=O)C(=C)C. The molecule has 0 saturated carbocycles. The zero-order chi connectivity index (χ0) is 54.8. The molecule has 2 unspecified atom stereocenters. The number of hydrogen-bond acceptors (Lipinski definition) is 22. The Balaban J connectivity index is 0.000000738. The molecule has 0 amide bonds. The molecule has 0 fully saturated rings. The van der Waals surface area contributed by atoms with Crippen molar-refractivity contribution in [2.75, 3.05) is 13.7 Å². The average Bonchev–Trinajstić information content (AvgIpc) is 3.30. The minimum atomic E-state index is -1.26. The van der Waals surface area contributed by atoms with E-state index in [-0.39, 0.29) is 30.6 Å². The summed E-state index contributed by atoms with van der Waals surface area (Å²) in [5.74, 6) is -5.30. The van der Waals surface area contributed by atoms with Crippen LogP contribution in [0.2, 0.25) is 0 Å². The summed E-state index contributed by atoms with van der Waals surface area (Å²) in [7, 11) is 1.11. The van der Waals surface area contributed by atoms with E-state index in [9.17, 15) is 67.1 Å². The van der Waals surface area contributed by atoms with E-state index < -0.39 is 135 Å². The van der Waals surface area contributed by atoms with Crippen molar-refractivity contribution in [3.8, 4) is 0 Å². The standard InChI is InChI=1S/C26H36N4O10.C18H20N4O10/c1-7-20(17(2)3)9-8-14-38-21(32)10-12-28-24(35)29(26(37)30(25(28)36)15-27-16-31)13-11-22(33)39-19(6)40-23(34)18(4)5;1-11(2)15(26)32-12(3)31-14(25)6-8-21-16(27)20(7-5-13(24)30-4)17(28)22(18(21)29)9-19-10-23/h19-20H,2,4,7-15H2,1,3,5-6H3;1,3,5-9H2,2,4H3. The summed E-state index contributed by atoms with van der Waals surface area (Å²) in [6.07, 6.45) is 1.62. The third kappa shape index (κ3) is 19.8. The monoisotopic (exact) mass is 1020 g/mol. The molecule has 0 aliphatic heterocycles. The fraction of sp³-hybridized carbons (Fsp3) is 0.500. The number of carbonyl (C=O) groups is 6. The van der Waals surface area contributed by atoms with Gasteiger partial charge in [0.25, 0.3) is 5.95 Å². The molecule has 0 radical (unpaired) electrons. The van der Waals surface area contributed by atoms with Crippen LogP contribution in [0.4, 0.5) is 0 Å². The molecule has 0 bridgehead atoms. The van der Waals surface area contributed by atoms with Gasteiger partial charge in [-0.1, -0.05) is 32.2 Å². The molecule has 0 aliphatic rings. The summed E-state index contributed by atoms with van der Waals surface area (Å²) in [6.45, 7) is 18.7. The molecule has 2 atom stereocenters. The van der Waals surface area contributed by atoms with Gasteiger partial charge >= 0.3 is 70.0 Å².